The van der Waals surface area contributed by atoms with Crippen molar-refractivity contribution in [3.8, 4) is 0 Å². The third-order valence-corrected chi connectivity index (χ3v) is 5.65. The number of aromatic nitrogens is 4. The number of imidazole rings is 1. The van der Waals surface area contributed by atoms with E-state index in [2.05, 4.69) is 43.0 Å². The van der Waals surface area contributed by atoms with E-state index in [1.807, 2.05) is 13.1 Å². The molecule has 2 unspecified atom stereocenters. The Bertz CT molecular complexity index is 965. The van der Waals surface area contributed by atoms with Crippen molar-refractivity contribution in [2.75, 3.05) is 0 Å². The van der Waals surface area contributed by atoms with Crippen LogP contribution in [0.2, 0.25) is 0 Å². The van der Waals surface area contributed by atoms with Crippen LogP contribution in [0.4, 0.5) is 0 Å². The highest BCUT2D eigenvalue weighted by Crippen LogP contribution is 2.39. The quantitative estimate of drug-likeness (QED) is 0.667. The fourth-order valence-electron chi connectivity index (χ4n) is 3.43. The first-order valence-electron chi connectivity index (χ1n) is 9.26. The van der Waals surface area contributed by atoms with Crippen LogP contribution in [-0.4, -0.2) is 31.3 Å². The summed E-state index contributed by atoms with van der Waals surface area (Å²) in [6, 6.07) is 5.73. The molecular formula is C20H24N6O. The van der Waals surface area contributed by atoms with Gasteiger partial charge in [-0.15, -0.1) is 0 Å². The lowest BCUT2D eigenvalue weighted by molar-refractivity contribution is -0.124. The van der Waals surface area contributed by atoms with Crippen LogP contribution >= 0.6 is 0 Å². The van der Waals surface area contributed by atoms with Gasteiger partial charge in [0.1, 0.15) is 17.4 Å². The first-order valence-corrected chi connectivity index (χ1v) is 9.26. The Morgan fingerprint density at radius 2 is 2.19 bits per heavy atom. The van der Waals surface area contributed by atoms with Gasteiger partial charge in [0.15, 0.2) is 0 Å². The predicted octanol–water partition coefficient (Wildman–Crippen LogP) is 1.92. The summed E-state index contributed by atoms with van der Waals surface area (Å²) in [5.41, 5.74) is 8.61. The van der Waals surface area contributed by atoms with Gasteiger partial charge >= 0.3 is 0 Å². The van der Waals surface area contributed by atoms with Crippen LogP contribution < -0.4 is 11.1 Å². The summed E-state index contributed by atoms with van der Waals surface area (Å²) in [4.78, 5) is 25.1. The SMILES string of the molecule is CC(NCc1cn2cc(C3CC3)ccc2n1)C(C)(C(N)=O)c1ccncn1. The zero-order chi connectivity index (χ0) is 19.0. The summed E-state index contributed by atoms with van der Waals surface area (Å²) in [6.45, 7) is 4.28. The Morgan fingerprint density at radius 3 is 2.85 bits per heavy atom. The molecule has 3 heterocycles. The van der Waals surface area contributed by atoms with E-state index in [1.54, 1.807) is 19.2 Å². The third-order valence-electron chi connectivity index (χ3n) is 5.65. The van der Waals surface area contributed by atoms with Crippen molar-refractivity contribution in [2.24, 2.45) is 5.73 Å². The largest absolute Gasteiger partial charge is 0.369 e. The number of amides is 1. The van der Waals surface area contributed by atoms with Crippen LogP contribution in [0, 0.1) is 0 Å². The molecule has 0 aliphatic heterocycles. The molecule has 7 nitrogen and oxygen atoms in total. The zero-order valence-electron chi connectivity index (χ0n) is 15.6. The number of pyridine rings is 1. The molecule has 0 aromatic carbocycles. The molecule has 1 fully saturated rings. The Balaban J connectivity index is 1.51. The number of primary amides is 1. The van der Waals surface area contributed by atoms with E-state index in [1.165, 1.54) is 24.7 Å². The molecule has 1 saturated carbocycles. The standard InChI is InChI=1S/C20H24N6O/c1-13(20(2,19(21)27)17-7-8-22-12-24-17)23-9-16-11-26-10-15(14-3-4-14)5-6-18(26)25-16/h5-8,10-14,23H,3-4,9H2,1-2H3,(H2,21,27). The second-order valence-corrected chi connectivity index (χ2v) is 7.50. The van der Waals surface area contributed by atoms with E-state index in [-0.39, 0.29) is 6.04 Å². The van der Waals surface area contributed by atoms with Crippen LogP contribution in [0.5, 0.6) is 0 Å². The van der Waals surface area contributed by atoms with Crippen molar-refractivity contribution in [2.45, 2.75) is 50.6 Å². The molecule has 140 valence electrons. The minimum atomic E-state index is -0.943. The minimum absolute atomic E-state index is 0.225. The maximum Gasteiger partial charge on any atom is 0.230 e. The van der Waals surface area contributed by atoms with Gasteiger partial charge in [-0.25, -0.2) is 15.0 Å². The van der Waals surface area contributed by atoms with Crippen LogP contribution in [0.25, 0.3) is 5.65 Å². The number of nitrogens with one attached hydrogen (secondary N) is 1. The molecule has 3 aromatic rings. The first-order chi connectivity index (χ1) is 13.0. The Morgan fingerprint density at radius 1 is 1.37 bits per heavy atom. The zero-order valence-corrected chi connectivity index (χ0v) is 15.6. The summed E-state index contributed by atoms with van der Waals surface area (Å²) >= 11 is 0. The number of carbonyl (C=O) groups is 1. The average Bonchev–Trinajstić information content (AvgIpc) is 3.45. The number of hydrogen-bond donors (Lipinski definition) is 2. The van der Waals surface area contributed by atoms with Crippen LogP contribution in [0.1, 0.15) is 49.6 Å². The van der Waals surface area contributed by atoms with Crippen LogP contribution in [0.15, 0.2) is 43.1 Å². The lowest BCUT2D eigenvalue weighted by Crippen LogP contribution is -2.53. The lowest BCUT2D eigenvalue weighted by Gasteiger charge is -2.32. The number of carbonyl (C=O) groups excluding carboxylic acids is 1. The van der Waals surface area contributed by atoms with Gasteiger partial charge in [-0.1, -0.05) is 6.07 Å². The molecule has 2 atom stereocenters. The van der Waals surface area contributed by atoms with Crippen molar-refractivity contribution in [1.82, 2.24) is 24.7 Å². The number of rotatable bonds is 7. The maximum absolute atomic E-state index is 12.2. The van der Waals surface area contributed by atoms with E-state index in [9.17, 15) is 4.79 Å². The van der Waals surface area contributed by atoms with E-state index >= 15 is 0 Å². The number of hydrogen-bond acceptors (Lipinski definition) is 5. The molecule has 1 aliphatic carbocycles. The minimum Gasteiger partial charge on any atom is -0.369 e. The van der Waals surface area contributed by atoms with E-state index in [0.29, 0.717) is 18.2 Å². The summed E-state index contributed by atoms with van der Waals surface area (Å²) in [5.74, 6) is 0.285. The summed E-state index contributed by atoms with van der Waals surface area (Å²) < 4.78 is 2.08. The topological polar surface area (TPSA) is 98.2 Å². The smallest absolute Gasteiger partial charge is 0.230 e. The number of fused-ring (bicyclic) bond motifs is 1. The van der Waals surface area contributed by atoms with Gasteiger partial charge in [0.2, 0.25) is 5.91 Å². The van der Waals surface area contributed by atoms with Gasteiger partial charge in [-0.2, -0.15) is 0 Å². The normalized spacial score (nSPS) is 17.6. The van der Waals surface area contributed by atoms with Gasteiger partial charge in [0.25, 0.3) is 0 Å². The molecule has 3 N–H and O–H groups in total. The number of nitrogens with zero attached hydrogens (tertiary/aromatic N) is 4. The van der Waals surface area contributed by atoms with Gasteiger partial charge in [-0.3, -0.25) is 4.79 Å². The highest BCUT2D eigenvalue weighted by molar-refractivity contribution is 5.86. The number of nitrogens with two attached hydrogens (primary N) is 1. The monoisotopic (exact) mass is 364 g/mol. The molecule has 0 saturated heterocycles. The molecule has 7 heteroatoms. The maximum atomic E-state index is 12.2. The highest BCUT2D eigenvalue weighted by Gasteiger charge is 2.40. The Kier molecular flexibility index (Phi) is 4.39. The van der Waals surface area contributed by atoms with E-state index < -0.39 is 11.3 Å². The van der Waals surface area contributed by atoms with Gasteiger partial charge in [0, 0.05) is 31.2 Å². The molecule has 0 spiro atoms. The van der Waals surface area contributed by atoms with Crippen molar-refractivity contribution in [1.29, 1.82) is 0 Å². The molecule has 4 rings (SSSR count). The molecule has 1 amide bonds. The van der Waals surface area contributed by atoms with Gasteiger partial charge in [-0.05, 0) is 50.3 Å². The molecular weight excluding hydrogens is 340 g/mol. The highest BCUT2D eigenvalue weighted by atomic mass is 16.1. The second kappa shape index (κ2) is 6.74. The molecule has 0 bridgehead atoms. The second-order valence-electron chi connectivity index (χ2n) is 7.50. The van der Waals surface area contributed by atoms with Crippen molar-refractivity contribution in [3.05, 3.63) is 60.1 Å². The summed E-state index contributed by atoms with van der Waals surface area (Å²) in [6.07, 6.45) is 9.81. The van der Waals surface area contributed by atoms with Gasteiger partial charge in [0.05, 0.1) is 11.4 Å². The molecule has 0 radical (unpaired) electrons. The molecule has 1 aliphatic rings. The summed E-state index contributed by atoms with van der Waals surface area (Å²) in [7, 11) is 0. The van der Waals surface area contributed by atoms with Crippen LogP contribution in [-0.2, 0) is 16.8 Å². The first kappa shape index (κ1) is 17.6. The third kappa shape index (κ3) is 3.30. The van der Waals surface area contributed by atoms with Crippen LogP contribution in [0.3, 0.4) is 0 Å². The summed E-state index contributed by atoms with van der Waals surface area (Å²) in [5, 5.41) is 3.39. The van der Waals surface area contributed by atoms with Crippen molar-refractivity contribution < 1.29 is 4.79 Å². The predicted molar refractivity (Wildman–Crippen MR) is 102 cm³/mol. The molecule has 27 heavy (non-hydrogen) atoms. The molecule has 3 aromatic heterocycles. The average molecular weight is 364 g/mol. The lowest BCUT2D eigenvalue weighted by atomic mass is 9.79. The Labute approximate surface area is 158 Å². The Hall–Kier alpha value is -2.80. The fourth-order valence-corrected chi connectivity index (χ4v) is 3.43. The van der Waals surface area contributed by atoms with Crippen molar-refractivity contribution in [3.63, 3.8) is 0 Å². The van der Waals surface area contributed by atoms with E-state index in [0.717, 1.165) is 11.3 Å². The van der Waals surface area contributed by atoms with E-state index in [4.69, 9.17) is 5.73 Å². The fraction of sp³-hybridized carbons (Fsp3) is 0.400. The van der Waals surface area contributed by atoms with Gasteiger partial charge < -0.3 is 15.5 Å². The van der Waals surface area contributed by atoms with Crippen molar-refractivity contribution >= 4 is 11.6 Å².